The summed E-state index contributed by atoms with van der Waals surface area (Å²) in [7, 11) is 0. The third-order valence-electron chi connectivity index (χ3n) is 2.72. The van der Waals surface area contributed by atoms with Gasteiger partial charge >= 0.3 is 11.7 Å². The van der Waals surface area contributed by atoms with Gasteiger partial charge in [0.1, 0.15) is 11.3 Å². The topological polar surface area (TPSA) is 89.7 Å². The number of carboxylic acids is 1. The maximum absolute atomic E-state index is 11.3. The second-order valence-electron chi connectivity index (χ2n) is 4.25. The molecule has 0 aliphatic carbocycles. The van der Waals surface area contributed by atoms with Gasteiger partial charge in [0.2, 0.25) is 5.75 Å². The van der Waals surface area contributed by atoms with Crippen molar-refractivity contribution in [1.82, 2.24) is 0 Å². The number of hydrogen-bond donors (Lipinski definition) is 1. The summed E-state index contributed by atoms with van der Waals surface area (Å²) in [4.78, 5) is 21.7. The fourth-order valence-corrected chi connectivity index (χ4v) is 2.29. The third-order valence-corrected chi connectivity index (χ3v) is 3.38. The average molecular weight is 352 g/mol. The number of rotatable bonds is 4. The number of carboxylic acid groups (broad SMARTS) is 1. The van der Waals surface area contributed by atoms with Crippen LogP contribution in [0, 0.1) is 17.0 Å². The first kappa shape index (κ1) is 15.0. The molecule has 0 saturated heterocycles. The van der Waals surface area contributed by atoms with Gasteiger partial charge in [0.05, 0.1) is 4.92 Å². The largest absolute Gasteiger partial charge is 0.478 e. The van der Waals surface area contributed by atoms with Crippen LogP contribution in [0.5, 0.6) is 11.5 Å². The molecule has 2 aromatic carbocycles. The second kappa shape index (κ2) is 5.92. The molecule has 0 amide bonds. The van der Waals surface area contributed by atoms with Gasteiger partial charge in [-0.15, -0.1) is 0 Å². The normalized spacial score (nSPS) is 10.2. The summed E-state index contributed by atoms with van der Waals surface area (Å²) >= 11 is 3.13. The number of halogens is 1. The van der Waals surface area contributed by atoms with Crippen molar-refractivity contribution >= 4 is 27.6 Å². The molecule has 0 unspecified atom stereocenters. The quantitative estimate of drug-likeness (QED) is 0.659. The molecule has 0 saturated carbocycles. The summed E-state index contributed by atoms with van der Waals surface area (Å²) < 4.78 is 5.81. The molecule has 0 aliphatic heterocycles. The van der Waals surface area contributed by atoms with E-state index in [1.54, 1.807) is 25.1 Å². The molecule has 21 heavy (non-hydrogen) atoms. The molecule has 2 aromatic rings. The highest BCUT2D eigenvalue weighted by molar-refractivity contribution is 9.10. The van der Waals surface area contributed by atoms with Crippen molar-refractivity contribution in [3.63, 3.8) is 0 Å². The Kier molecular flexibility index (Phi) is 4.23. The Balaban J connectivity index is 2.53. The predicted molar refractivity (Wildman–Crippen MR) is 79.0 cm³/mol. The molecule has 0 fully saturated rings. The van der Waals surface area contributed by atoms with Crippen LogP contribution >= 0.6 is 15.9 Å². The molecular weight excluding hydrogens is 342 g/mol. The first-order valence-corrected chi connectivity index (χ1v) is 6.64. The van der Waals surface area contributed by atoms with E-state index in [0.29, 0.717) is 4.47 Å². The molecule has 1 N–H and O–H groups in total. The molecule has 0 radical (unpaired) electrons. The molecule has 0 bridgehead atoms. The van der Waals surface area contributed by atoms with E-state index in [2.05, 4.69) is 15.9 Å². The van der Waals surface area contributed by atoms with Crippen LogP contribution in [0.2, 0.25) is 0 Å². The number of nitrogens with zero attached hydrogens (tertiary/aromatic N) is 1. The fourth-order valence-electron chi connectivity index (χ4n) is 1.77. The number of aromatic carboxylic acids is 1. The van der Waals surface area contributed by atoms with E-state index in [-0.39, 0.29) is 22.7 Å². The summed E-state index contributed by atoms with van der Waals surface area (Å²) in [6, 6.07) is 8.99. The van der Waals surface area contributed by atoms with Gasteiger partial charge in [-0.1, -0.05) is 12.1 Å². The lowest BCUT2D eigenvalue weighted by atomic mass is 10.2. The van der Waals surface area contributed by atoms with Gasteiger partial charge < -0.3 is 9.84 Å². The van der Waals surface area contributed by atoms with Crippen molar-refractivity contribution in [3.8, 4) is 11.5 Å². The van der Waals surface area contributed by atoms with Crippen molar-refractivity contribution in [1.29, 1.82) is 0 Å². The average Bonchev–Trinajstić information content (AvgIpc) is 2.37. The van der Waals surface area contributed by atoms with Crippen LogP contribution in [-0.2, 0) is 0 Å². The molecule has 0 spiro atoms. The summed E-state index contributed by atoms with van der Waals surface area (Å²) in [5.74, 6) is -1.15. The van der Waals surface area contributed by atoms with Crippen LogP contribution in [-0.4, -0.2) is 16.0 Å². The number of carbonyl (C=O) groups is 1. The summed E-state index contributed by atoms with van der Waals surface area (Å²) in [5, 5.41) is 20.2. The molecule has 6 nitrogen and oxygen atoms in total. The highest BCUT2D eigenvalue weighted by atomic mass is 79.9. The molecule has 0 heterocycles. The van der Waals surface area contributed by atoms with Gasteiger partial charge in [0.25, 0.3) is 0 Å². The van der Waals surface area contributed by atoms with E-state index in [1.165, 1.54) is 18.2 Å². The van der Waals surface area contributed by atoms with E-state index in [4.69, 9.17) is 4.74 Å². The number of nitro benzene ring substituents is 1. The summed E-state index contributed by atoms with van der Waals surface area (Å²) in [6.45, 7) is 1.76. The van der Waals surface area contributed by atoms with E-state index in [0.717, 1.165) is 5.56 Å². The minimum absolute atomic E-state index is 0.000556. The van der Waals surface area contributed by atoms with E-state index in [1.807, 2.05) is 0 Å². The molecule has 0 aromatic heterocycles. The summed E-state index contributed by atoms with van der Waals surface area (Å²) in [6.07, 6.45) is 0. The zero-order chi connectivity index (χ0) is 15.6. The standard InChI is InChI=1S/C14H10BrNO5/c1-8-5-6-10(16(19)20)12(7-8)21-11-4-2-3-9(15)13(11)14(17)18/h2-7H,1H3,(H,17,18). The molecule has 108 valence electrons. The first-order chi connectivity index (χ1) is 9.90. The molecular formula is C14H10BrNO5. The van der Waals surface area contributed by atoms with Crippen LogP contribution in [0.15, 0.2) is 40.9 Å². The second-order valence-corrected chi connectivity index (χ2v) is 5.10. The Morgan fingerprint density at radius 1 is 1.29 bits per heavy atom. The number of hydrogen-bond acceptors (Lipinski definition) is 4. The van der Waals surface area contributed by atoms with E-state index < -0.39 is 10.9 Å². The Bertz CT molecular complexity index is 729. The Hall–Kier alpha value is -2.41. The van der Waals surface area contributed by atoms with Crippen molar-refractivity contribution in [3.05, 3.63) is 62.1 Å². The number of benzene rings is 2. The minimum Gasteiger partial charge on any atom is -0.478 e. The lowest BCUT2D eigenvalue weighted by molar-refractivity contribution is -0.385. The zero-order valence-corrected chi connectivity index (χ0v) is 12.5. The Morgan fingerprint density at radius 3 is 2.62 bits per heavy atom. The van der Waals surface area contributed by atoms with Crippen molar-refractivity contribution in [2.75, 3.05) is 0 Å². The van der Waals surface area contributed by atoms with Gasteiger partial charge in [0, 0.05) is 10.5 Å². The molecule has 7 heteroatoms. The van der Waals surface area contributed by atoms with Gasteiger partial charge in [0.15, 0.2) is 0 Å². The van der Waals surface area contributed by atoms with E-state index in [9.17, 15) is 20.0 Å². The number of ether oxygens (including phenoxy) is 1. The monoisotopic (exact) mass is 351 g/mol. The molecule has 2 rings (SSSR count). The van der Waals surface area contributed by atoms with Crippen molar-refractivity contribution in [2.24, 2.45) is 0 Å². The molecule has 0 aliphatic rings. The van der Waals surface area contributed by atoms with Gasteiger partial charge in [-0.2, -0.15) is 0 Å². The Labute approximate surface area is 128 Å². The molecule has 0 atom stereocenters. The van der Waals surface area contributed by atoms with Gasteiger partial charge in [-0.25, -0.2) is 4.79 Å². The minimum atomic E-state index is -1.19. The lowest BCUT2D eigenvalue weighted by Crippen LogP contribution is -2.02. The lowest BCUT2D eigenvalue weighted by Gasteiger charge is -2.10. The van der Waals surface area contributed by atoms with Crippen LogP contribution in [0.25, 0.3) is 0 Å². The maximum Gasteiger partial charge on any atom is 0.340 e. The van der Waals surface area contributed by atoms with Gasteiger partial charge in [-0.3, -0.25) is 10.1 Å². The first-order valence-electron chi connectivity index (χ1n) is 5.85. The van der Waals surface area contributed by atoms with Crippen LogP contribution < -0.4 is 4.74 Å². The number of nitro groups is 1. The van der Waals surface area contributed by atoms with Crippen molar-refractivity contribution in [2.45, 2.75) is 6.92 Å². The van der Waals surface area contributed by atoms with Gasteiger partial charge in [-0.05, 0) is 46.6 Å². The smallest absolute Gasteiger partial charge is 0.340 e. The SMILES string of the molecule is Cc1ccc([N+](=O)[O-])c(Oc2cccc(Br)c2C(=O)O)c1. The van der Waals surface area contributed by atoms with Crippen LogP contribution in [0.4, 0.5) is 5.69 Å². The highest BCUT2D eigenvalue weighted by Gasteiger charge is 2.20. The fraction of sp³-hybridized carbons (Fsp3) is 0.0714. The maximum atomic E-state index is 11.3. The zero-order valence-electron chi connectivity index (χ0n) is 10.9. The van der Waals surface area contributed by atoms with E-state index >= 15 is 0 Å². The summed E-state index contributed by atoms with van der Waals surface area (Å²) in [5.41, 5.74) is 0.452. The van der Waals surface area contributed by atoms with Crippen LogP contribution in [0.3, 0.4) is 0 Å². The number of aryl methyl sites for hydroxylation is 1. The highest BCUT2D eigenvalue weighted by Crippen LogP contribution is 2.35. The third kappa shape index (κ3) is 3.19. The van der Waals surface area contributed by atoms with Crippen molar-refractivity contribution < 1.29 is 19.6 Å². The predicted octanol–water partition coefficient (Wildman–Crippen LogP) is 4.16. The Morgan fingerprint density at radius 2 is 2.00 bits per heavy atom. The van der Waals surface area contributed by atoms with Crippen LogP contribution in [0.1, 0.15) is 15.9 Å².